The Bertz CT molecular complexity index is 475. The SMILES string of the molecule is CN=C(NCC1CCCN(C(C)C)C1)NCC(C)c1ccsc1.I. The maximum absolute atomic E-state index is 4.36. The van der Waals surface area contributed by atoms with E-state index in [0.29, 0.717) is 12.0 Å². The zero-order valence-corrected chi connectivity index (χ0v) is 18.6. The molecular weight excluding hydrogens is 431 g/mol. The van der Waals surface area contributed by atoms with Crippen LogP contribution in [-0.2, 0) is 0 Å². The van der Waals surface area contributed by atoms with E-state index in [0.717, 1.165) is 25.0 Å². The smallest absolute Gasteiger partial charge is 0.191 e. The number of hydrogen-bond donors (Lipinski definition) is 2. The van der Waals surface area contributed by atoms with Gasteiger partial charge in [0.05, 0.1) is 0 Å². The highest BCUT2D eigenvalue weighted by atomic mass is 127. The topological polar surface area (TPSA) is 39.7 Å². The molecule has 2 N–H and O–H groups in total. The number of piperidine rings is 1. The largest absolute Gasteiger partial charge is 0.356 e. The highest BCUT2D eigenvalue weighted by Gasteiger charge is 2.21. The molecule has 24 heavy (non-hydrogen) atoms. The van der Waals surface area contributed by atoms with Crippen molar-refractivity contribution >= 4 is 41.3 Å². The van der Waals surface area contributed by atoms with Crippen molar-refractivity contribution in [1.29, 1.82) is 0 Å². The predicted molar refractivity (Wildman–Crippen MR) is 117 cm³/mol. The third-order valence-corrected chi connectivity index (χ3v) is 5.45. The van der Waals surface area contributed by atoms with Crippen LogP contribution in [0.15, 0.2) is 21.8 Å². The Morgan fingerprint density at radius 3 is 2.79 bits per heavy atom. The second-order valence-electron chi connectivity index (χ2n) is 6.89. The average molecular weight is 464 g/mol. The summed E-state index contributed by atoms with van der Waals surface area (Å²) in [5.74, 6) is 2.15. The van der Waals surface area contributed by atoms with Gasteiger partial charge in [-0.05, 0) is 67.5 Å². The maximum atomic E-state index is 4.36. The van der Waals surface area contributed by atoms with Gasteiger partial charge in [-0.3, -0.25) is 4.99 Å². The minimum absolute atomic E-state index is 0. The number of thiophene rings is 1. The van der Waals surface area contributed by atoms with Gasteiger partial charge in [-0.1, -0.05) is 6.92 Å². The standard InChI is InChI=1S/C18H32N4S.HI/c1-14(2)22-8-5-6-16(12-22)11-21-18(19-4)20-10-15(3)17-7-9-23-13-17;/h7,9,13-16H,5-6,8,10-12H2,1-4H3,(H2,19,20,21);1H. The number of guanidine groups is 1. The molecule has 0 spiro atoms. The number of likely N-dealkylation sites (tertiary alicyclic amines) is 1. The Balaban J connectivity index is 0.00000288. The lowest BCUT2D eigenvalue weighted by molar-refractivity contribution is 0.141. The van der Waals surface area contributed by atoms with E-state index in [1.165, 1.54) is 31.5 Å². The van der Waals surface area contributed by atoms with Crippen LogP contribution in [-0.4, -0.2) is 50.1 Å². The van der Waals surface area contributed by atoms with Gasteiger partial charge in [-0.2, -0.15) is 11.3 Å². The summed E-state index contributed by atoms with van der Waals surface area (Å²) in [6.07, 6.45) is 2.63. The van der Waals surface area contributed by atoms with Crippen LogP contribution in [0.3, 0.4) is 0 Å². The molecule has 1 aromatic heterocycles. The molecule has 2 rings (SSSR count). The quantitative estimate of drug-likeness (QED) is 0.383. The number of halogens is 1. The van der Waals surface area contributed by atoms with Crippen molar-refractivity contribution in [2.75, 3.05) is 33.2 Å². The molecule has 1 saturated heterocycles. The fourth-order valence-electron chi connectivity index (χ4n) is 3.12. The summed E-state index contributed by atoms with van der Waals surface area (Å²) in [5, 5.41) is 11.3. The lowest BCUT2D eigenvalue weighted by atomic mass is 9.97. The Kier molecular flexibility index (Phi) is 10.2. The predicted octanol–water partition coefficient (Wildman–Crippen LogP) is 3.76. The first kappa shape index (κ1) is 21.7. The van der Waals surface area contributed by atoms with Gasteiger partial charge in [0.2, 0.25) is 0 Å². The average Bonchev–Trinajstić information content (AvgIpc) is 3.09. The van der Waals surface area contributed by atoms with Crippen molar-refractivity contribution in [3.8, 4) is 0 Å². The first-order valence-corrected chi connectivity index (χ1v) is 9.75. The molecule has 1 aliphatic heterocycles. The molecule has 2 unspecified atom stereocenters. The van der Waals surface area contributed by atoms with Crippen molar-refractivity contribution in [1.82, 2.24) is 15.5 Å². The molecule has 0 radical (unpaired) electrons. The van der Waals surface area contributed by atoms with E-state index in [9.17, 15) is 0 Å². The zero-order chi connectivity index (χ0) is 16.7. The van der Waals surface area contributed by atoms with Crippen LogP contribution in [0.5, 0.6) is 0 Å². The molecular formula is C18H33IN4S. The van der Waals surface area contributed by atoms with Gasteiger partial charge in [0.25, 0.3) is 0 Å². The van der Waals surface area contributed by atoms with E-state index in [2.05, 4.69) is 58.1 Å². The minimum atomic E-state index is 0. The summed E-state index contributed by atoms with van der Waals surface area (Å²) in [6.45, 7) is 11.2. The maximum Gasteiger partial charge on any atom is 0.191 e. The van der Waals surface area contributed by atoms with E-state index in [-0.39, 0.29) is 24.0 Å². The van der Waals surface area contributed by atoms with Crippen molar-refractivity contribution in [3.63, 3.8) is 0 Å². The van der Waals surface area contributed by atoms with Crippen LogP contribution < -0.4 is 10.6 Å². The number of nitrogens with zero attached hydrogens (tertiary/aromatic N) is 2. The molecule has 138 valence electrons. The summed E-state index contributed by atoms with van der Waals surface area (Å²) < 4.78 is 0. The van der Waals surface area contributed by atoms with Crippen molar-refractivity contribution in [2.45, 2.75) is 45.6 Å². The van der Waals surface area contributed by atoms with Crippen LogP contribution in [0.25, 0.3) is 0 Å². The molecule has 0 aliphatic carbocycles. The first-order valence-electron chi connectivity index (χ1n) is 8.80. The van der Waals surface area contributed by atoms with E-state index in [1.807, 2.05) is 7.05 Å². The third-order valence-electron chi connectivity index (χ3n) is 4.75. The summed E-state index contributed by atoms with van der Waals surface area (Å²) >= 11 is 1.76. The lowest BCUT2D eigenvalue weighted by Crippen LogP contribution is -2.46. The molecule has 0 amide bonds. The molecule has 1 aliphatic rings. The van der Waals surface area contributed by atoms with Gasteiger partial charge in [-0.25, -0.2) is 0 Å². The fourth-order valence-corrected chi connectivity index (χ4v) is 3.90. The van der Waals surface area contributed by atoms with Crippen LogP contribution in [0.1, 0.15) is 45.1 Å². The Hall–Kier alpha value is -0.340. The van der Waals surface area contributed by atoms with E-state index >= 15 is 0 Å². The highest BCUT2D eigenvalue weighted by Crippen LogP contribution is 2.18. The molecule has 6 heteroatoms. The molecule has 0 aromatic carbocycles. The Morgan fingerprint density at radius 1 is 1.38 bits per heavy atom. The van der Waals surface area contributed by atoms with Gasteiger partial charge in [-0.15, -0.1) is 24.0 Å². The number of rotatable bonds is 6. The minimum Gasteiger partial charge on any atom is -0.356 e. The van der Waals surface area contributed by atoms with Gasteiger partial charge < -0.3 is 15.5 Å². The highest BCUT2D eigenvalue weighted by molar-refractivity contribution is 14.0. The van der Waals surface area contributed by atoms with Crippen LogP contribution in [0.4, 0.5) is 0 Å². The van der Waals surface area contributed by atoms with Crippen LogP contribution in [0.2, 0.25) is 0 Å². The molecule has 1 fully saturated rings. The van der Waals surface area contributed by atoms with Crippen LogP contribution in [0, 0.1) is 5.92 Å². The monoisotopic (exact) mass is 464 g/mol. The van der Waals surface area contributed by atoms with Crippen molar-refractivity contribution < 1.29 is 0 Å². The third kappa shape index (κ3) is 6.88. The molecule has 0 bridgehead atoms. The molecule has 1 aromatic rings. The summed E-state index contributed by atoms with van der Waals surface area (Å²) in [4.78, 5) is 6.95. The van der Waals surface area contributed by atoms with E-state index < -0.39 is 0 Å². The van der Waals surface area contributed by atoms with Crippen molar-refractivity contribution in [2.24, 2.45) is 10.9 Å². The normalized spacial score (nSPS) is 20.5. The summed E-state index contributed by atoms with van der Waals surface area (Å²) in [7, 11) is 1.85. The lowest BCUT2D eigenvalue weighted by Gasteiger charge is -2.35. The summed E-state index contributed by atoms with van der Waals surface area (Å²) in [5.41, 5.74) is 1.40. The van der Waals surface area contributed by atoms with Crippen LogP contribution >= 0.6 is 35.3 Å². The Labute approximate surface area is 168 Å². The molecule has 2 heterocycles. The molecule has 0 saturated carbocycles. The Morgan fingerprint density at radius 2 is 2.17 bits per heavy atom. The van der Waals surface area contributed by atoms with Gasteiger partial charge in [0, 0.05) is 32.7 Å². The second-order valence-corrected chi connectivity index (χ2v) is 7.67. The fraction of sp³-hybridized carbons (Fsp3) is 0.722. The van der Waals surface area contributed by atoms with E-state index in [4.69, 9.17) is 0 Å². The van der Waals surface area contributed by atoms with Gasteiger partial charge in [0.15, 0.2) is 5.96 Å². The molecule has 4 nitrogen and oxygen atoms in total. The number of aliphatic imine (C=N–C) groups is 1. The summed E-state index contributed by atoms with van der Waals surface area (Å²) in [6, 6.07) is 2.86. The van der Waals surface area contributed by atoms with E-state index in [1.54, 1.807) is 11.3 Å². The van der Waals surface area contributed by atoms with Gasteiger partial charge >= 0.3 is 0 Å². The number of hydrogen-bond acceptors (Lipinski definition) is 3. The first-order chi connectivity index (χ1) is 11.1. The molecule has 2 atom stereocenters. The van der Waals surface area contributed by atoms with Gasteiger partial charge in [0.1, 0.15) is 0 Å². The van der Waals surface area contributed by atoms with Crippen molar-refractivity contribution in [3.05, 3.63) is 22.4 Å². The number of nitrogens with one attached hydrogen (secondary N) is 2. The zero-order valence-electron chi connectivity index (χ0n) is 15.4. The second kappa shape index (κ2) is 11.3.